The monoisotopic (exact) mass is 372 g/mol. The zero-order valence-electron chi connectivity index (χ0n) is 13.5. The molecule has 2 heterocycles. The van der Waals surface area contributed by atoms with Crippen molar-refractivity contribution < 1.29 is 9.59 Å². The van der Waals surface area contributed by atoms with Crippen LogP contribution in [0.1, 0.15) is 28.0 Å². The summed E-state index contributed by atoms with van der Waals surface area (Å²) in [5.41, 5.74) is 1.02. The van der Waals surface area contributed by atoms with Crippen molar-refractivity contribution in [2.75, 3.05) is 11.1 Å². The third-order valence-corrected chi connectivity index (χ3v) is 5.07. The van der Waals surface area contributed by atoms with E-state index >= 15 is 0 Å². The SMILES string of the molecule is CC(=O)c1ccccc1NC(=O)CSc1n[nH]c(Cc2cccs2)n1. The first kappa shape index (κ1) is 17.4. The molecule has 2 N–H and O–H groups in total. The van der Waals surface area contributed by atoms with Crippen molar-refractivity contribution in [3.8, 4) is 0 Å². The quantitative estimate of drug-likeness (QED) is 0.490. The molecule has 0 aliphatic rings. The van der Waals surface area contributed by atoms with Crippen LogP contribution in [-0.2, 0) is 11.2 Å². The van der Waals surface area contributed by atoms with Gasteiger partial charge in [0.25, 0.3) is 0 Å². The van der Waals surface area contributed by atoms with Crippen LogP contribution >= 0.6 is 23.1 Å². The Morgan fingerprint density at radius 3 is 2.84 bits per heavy atom. The molecule has 0 bridgehead atoms. The number of thioether (sulfide) groups is 1. The first-order valence-corrected chi connectivity index (χ1v) is 9.44. The number of para-hydroxylation sites is 1. The summed E-state index contributed by atoms with van der Waals surface area (Å²) in [6.45, 7) is 1.47. The van der Waals surface area contributed by atoms with E-state index in [9.17, 15) is 9.59 Å². The molecule has 8 heteroatoms. The molecule has 0 atom stereocenters. The topological polar surface area (TPSA) is 87.7 Å². The number of benzene rings is 1. The molecule has 1 amide bonds. The Kier molecular flexibility index (Phi) is 5.62. The predicted octanol–water partition coefficient (Wildman–Crippen LogP) is 3.39. The van der Waals surface area contributed by atoms with Gasteiger partial charge < -0.3 is 5.32 Å². The number of nitrogens with one attached hydrogen (secondary N) is 2. The molecule has 0 saturated heterocycles. The van der Waals surface area contributed by atoms with Gasteiger partial charge in [0.05, 0.1) is 11.4 Å². The third-order valence-electron chi connectivity index (χ3n) is 3.35. The lowest BCUT2D eigenvalue weighted by molar-refractivity contribution is -0.113. The molecule has 6 nitrogen and oxygen atoms in total. The molecule has 3 rings (SSSR count). The summed E-state index contributed by atoms with van der Waals surface area (Å²) in [5, 5.41) is 12.3. The standard InChI is InChI=1S/C17H16N4O2S2/c1-11(22)13-6-2-3-7-14(13)18-16(23)10-25-17-19-15(20-21-17)9-12-5-4-8-24-12/h2-8H,9-10H2,1H3,(H,18,23)(H,19,20,21). The van der Waals surface area contributed by atoms with Gasteiger partial charge in [0.15, 0.2) is 5.78 Å². The van der Waals surface area contributed by atoms with Gasteiger partial charge in [0.2, 0.25) is 11.1 Å². The number of carbonyl (C=O) groups excluding carboxylic acids is 2. The Morgan fingerprint density at radius 2 is 2.08 bits per heavy atom. The second kappa shape index (κ2) is 8.09. The molecule has 0 aliphatic heterocycles. The van der Waals surface area contributed by atoms with E-state index < -0.39 is 0 Å². The number of H-pyrrole nitrogens is 1. The van der Waals surface area contributed by atoms with Crippen LogP contribution in [0, 0.1) is 0 Å². The van der Waals surface area contributed by atoms with Crippen LogP contribution in [0.3, 0.4) is 0 Å². The van der Waals surface area contributed by atoms with Crippen molar-refractivity contribution in [1.82, 2.24) is 15.2 Å². The summed E-state index contributed by atoms with van der Waals surface area (Å²) in [4.78, 5) is 29.3. The Balaban J connectivity index is 1.54. The molecule has 25 heavy (non-hydrogen) atoms. The highest BCUT2D eigenvalue weighted by Crippen LogP contribution is 2.18. The highest BCUT2D eigenvalue weighted by atomic mass is 32.2. The van der Waals surface area contributed by atoms with E-state index in [0.717, 1.165) is 5.82 Å². The molecule has 0 fully saturated rings. The molecule has 0 unspecified atom stereocenters. The van der Waals surface area contributed by atoms with Crippen molar-refractivity contribution in [3.63, 3.8) is 0 Å². The lowest BCUT2D eigenvalue weighted by Crippen LogP contribution is -2.16. The molecular weight excluding hydrogens is 356 g/mol. The normalized spacial score (nSPS) is 10.6. The maximum atomic E-state index is 12.1. The summed E-state index contributed by atoms with van der Waals surface area (Å²) >= 11 is 2.91. The van der Waals surface area contributed by atoms with Crippen molar-refractivity contribution in [2.45, 2.75) is 18.5 Å². The highest BCUT2D eigenvalue weighted by molar-refractivity contribution is 7.99. The van der Waals surface area contributed by atoms with Gasteiger partial charge in [0, 0.05) is 16.9 Å². The highest BCUT2D eigenvalue weighted by Gasteiger charge is 2.12. The summed E-state index contributed by atoms with van der Waals surface area (Å²) < 4.78 is 0. The van der Waals surface area contributed by atoms with Gasteiger partial charge in [-0.25, -0.2) is 4.98 Å². The number of anilines is 1. The summed E-state index contributed by atoms with van der Waals surface area (Å²) in [5.74, 6) is 0.647. The average Bonchev–Trinajstić information content (AvgIpc) is 3.26. The van der Waals surface area contributed by atoms with Gasteiger partial charge in [0.1, 0.15) is 5.82 Å². The van der Waals surface area contributed by atoms with E-state index in [4.69, 9.17) is 0 Å². The first-order valence-electron chi connectivity index (χ1n) is 7.58. The molecule has 0 radical (unpaired) electrons. The molecule has 0 saturated carbocycles. The van der Waals surface area contributed by atoms with Gasteiger partial charge in [-0.15, -0.1) is 16.4 Å². The number of nitrogens with zero attached hydrogens (tertiary/aromatic N) is 2. The fourth-order valence-corrected chi connectivity index (χ4v) is 3.54. The number of hydrogen-bond donors (Lipinski definition) is 2. The van der Waals surface area contributed by atoms with Crippen LogP contribution in [0.4, 0.5) is 5.69 Å². The van der Waals surface area contributed by atoms with Gasteiger partial charge in [-0.2, -0.15) is 0 Å². The third kappa shape index (κ3) is 4.77. The number of aromatic nitrogens is 3. The van der Waals surface area contributed by atoms with E-state index in [1.54, 1.807) is 35.6 Å². The Bertz CT molecular complexity index is 874. The smallest absolute Gasteiger partial charge is 0.234 e. The number of hydrogen-bond acceptors (Lipinski definition) is 6. The van der Waals surface area contributed by atoms with Crippen LogP contribution in [0.15, 0.2) is 46.9 Å². The fraction of sp³-hybridized carbons (Fsp3) is 0.176. The van der Waals surface area contributed by atoms with Crippen LogP contribution in [0.5, 0.6) is 0 Å². The Labute approximate surface area is 153 Å². The Hall–Kier alpha value is -2.45. The van der Waals surface area contributed by atoms with E-state index in [-0.39, 0.29) is 17.4 Å². The number of Topliss-reactive ketones (excluding diaryl/α,β-unsaturated/α-hetero) is 1. The molecule has 3 aromatic rings. The van der Waals surface area contributed by atoms with E-state index in [1.165, 1.54) is 23.6 Å². The van der Waals surface area contributed by atoms with E-state index in [1.807, 2.05) is 17.5 Å². The van der Waals surface area contributed by atoms with Crippen LogP contribution in [0.25, 0.3) is 0 Å². The molecule has 1 aromatic carbocycles. The number of rotatable bonds is 7. The fourth-order valence-electron chi connectivity index (χ4n) is 2.22. The van der Waals surface area contributed by atoms with Gasteiger partial charge >= 0.3 is 0 Å². The largest absolute Gasteiger partial charge is 0.325 e. The molecule has 0 aliphatic carbocycles. The van der Waals surface area contributed by atoms with Crippen LogP contribution < -0.4 is 5.32 Å². The summed E-state index contributed by atoms with van der Waals surface area (Å²) in [6.07, 6.45) is 0.698. The number of aromatic amines is 1. The minimum Gasteiger partial charge on any atom is -0.325 e. The lowest BCUT2D eigenvalue weighted by Gasteiger charge is -2.08. The number of carbonyl (C=O) groups is 2. The van der Waals surface area contributed by atoms with Crippen molar-refractivity contribution >= 4 is 40.5 Å². The molecule has 128 valence electrons. The first-order chi connectivity index (χ1) is 12.1. The zero-order valence-corrected chi connectivity index (χ0v) is 15.1. The van der Waals surface area contributed by atoms with Crippen LogP contribution in [0.2, 0.25) is 0 Å². The maximum absolute atomic E-state index is 12.1. The van der Waals surface area contributed by atoms with Crippen LogP contribution in [-0.4, -0.2) is 32.6 Å². The Morgan fingerprint density at radius 1 is 1.24 bits per heavy atom. The lowest BCUT2D eigenvalue weighted by atomic mass is 10.1. The second-order valence-electron chi connectivity index (χ2n) is 5.26. The number of amides is 1. The maximum Gasteiger partial charge on any atom is 0.234 e. The molecule has 0 spiro atoms. The summed E-state index contributed by atoms with van der Waals surface area (Å²) in [7, 11) is 0. The van der Waals surface area contributed by atoms with Crippen molar-refractivity contribution in [2.24, 2.45) is 0 Å². The second-order valence-corrected chi connectivity index (χ2v) is 7.23. The molecule has 2 aromatic heterocycles. The van der Waals surface area contributed by atoms with Gasteiger partial charge in [-0.3, -0.25) is 14.7 Å². The summed E-state index contributed by atoms with van der Waals surface area (Å²) in [6, 6.07) is 11.0. The van der Waals surface area contributed by atoms with Crippen molar-refractivity contribution in [3.05, 3.63) is 58.0 Å². The van der Waals surface area contributed by atoms with E-state index in [2.05, 4.69) is 20.5 Å². The van der Waals surface area contributed by atoms with Crippen molar-refractivity contribution in [1.29, 1.82) is 0 Å². The molecular formula is C17H16N4O2S2. The minimum atomic E-state index is -0.205. The number of thiophene rings is 1. The van der Waals surface area contributed by atoms with E-state index in [0.29, 0.717) is 22.8 Å². The predicted molar refractivity (Wildman–Crippen MR) is 99.3 cm³/mol. The zero-order chi connectivity index (χ0) is 17.6. The van der Waals surface area contributed by atoms with Gasteiger partial charge in [-0.05, 0) is 30.5 Å². The number of ketones is 1. The minimum absolute atomic E-state index is 0.0873. The van der Waals surface area contributed by atoms with Gasteiger partial charge in [-0.1, -0.05) is 30.0 Å². The average molecular weight is 372 g/mol.